The van der Waals surface area contributed by atoms with Gasteiger partial charge >= 0.3 is 0 Å². The third-order valence-electron chi connectivity index (χ3n) is 4.09. The van der Waals surface area contributed by atoms with Crippen LogP contribution in [0.2, 0.25) is 5.02 Å². The van der Waals surface area contributed by atoms with Crippen LogP contribution in [0.15, 0.2) is 48.2 Å². The molecular formula is C18H14ClN3O4. The number of rotatable bonds is 4. The van der Waals surface area contributed by atoms with E-state index >= 15 is 0 Å². The summed E-state index contributed by atoms with van der Waals surface area (Å²) in [5, 5.41) is 14.3. The molecule has 0 saturated carbocycles. The predicted octanol–water partition coefficient (Wildman–Crippen LogP) is 3.38. The smallest absolute Gasteiger partial charge is 0.277 e. The molecule has 7 nitrogen and oxygen atoms in total. The number of nitro groups is 1. The van der Waals surface area contributed by atoms with Gasteiger partial charge in [-0.3, -0.25) is 24.6 Å². The Bertz CT molecular complexity index is 967. The van der Waals surface area contributed by atoms with Gasteiger partial charge in [0.2, 0.25) is 0 Å². The third-order valence-corrected chi connectivity index (χ3v) is 4.50. The summed E-state index contributed by atoms with van der Waals surface area (Å²) in [4.78, 5) is 36.3. The van der Waals surface area contributed by atoms with Gasteiger partial charge in [0, 0.05) is 29.9 Å². The zero-order valence-corrected chi connectivity index (χ0v) is 14.7. The van der Waals surface area contributed by atoms with E-state index in [0.717, 1.165) is 10.5 Å². The van der Waals surface area contributed by atoms with Crippen LogP contribution in [-0.4, -0.2) is 28.7 Å². The molecule has 0 aliphatic carbocycles. The first-order valence-electron chi connectivity index (χ1n) is 7.64. The Morgan fingerprint density at radius 2 is 1.73 bits per heavy atom. The number of anilines is 1. The van der Waals surface area contributed by atoms with E-state index in [1.165, 1.54) is 31.3 Å². The Morgan fingerprint density at radius 3 is 2.31 bits per heavy atom. The average molecular weight is 372 g/mol. The quantitative estimate of drug-likeness (QED) is 0.505. The number of carbonyl (C=O) groups excluding carboxylic acids is 2. The molecule has 2 amide bonds. The highest BCUT2D eigenvalue weighted by Crippen LogP contribution is 2.31. The number of nitrogens with zero attached hydrogens (tertiary/aromatic N) is 2. The number of carbonyl (C=O) groups is 2. The molecule has 0 spiro atoms. The first-order chi connectivity index (χ1) is 12.3. The SMILES string of the molecule is Cc1ccc(NC2=C(c3ccc([N+](=O)[O-])cc3)C(=O)N(C)C2=O)cc1Cl. The van der Waals surface area contributed by atoms with E-state index in [-0.39, 0.29) is 17.0 Å². The molecule has 0 saturated heterocycles. The summed E-state index contributed by atoms with van der Waals surface area (Å²) in [5.74, 6) is -0.968. The molecule has 2 aromatic carbocycles. The molecule has 1 heterocycles. The zero-order chi connectivity index (χ0) is 19.0. The maximum atomic E-state index is 12.5. The minimum absolute atomic E-state index is 0.0979. The molecule has 0 radical (unpaired) electrons. The number of imide groups is 1. The van der Waals surface area contributed by atoms with Crippen LogP contribution >= 0.6 is 11.6 Å². The molecule has 0 atom stereocenters. The van der Waals surface area contributed by atoms with Gasteiger partial charge in [0.1, 0.15) is 5.70 Å². The van der Waals surface area contributed by atoms with Gasteiger partial charge in [-0.15, -0.1) is 0 Å². The Kier molecular flexibility index (Phi) is 4.48. The molecule has 0 fully saturated rings. The van der Waals surface area contributed by atoms with Crippen LogP contribution in [0, 0.1) is 17.0 Å². The van der Waals surface area contributed by atoms with E-state index in [9.17, 15) is 19.7 Å². The van der Waals surface area contributed by atoms with E-state index in [1.54, 1.807) is 18.2 Å². The lowest BCUT2D eigenvalue weighted by molar-refractivity contribution is -0.384. The van der Waals surface area contributed by atoms with Gasteiger partial charge in [-0.25, -0.2) is 0 Å². The Balaban J connectivity index is 2.06. The van der Waals surface area contributed by atoms with Crippen LogP contribution in [-0.2, 0) is 9.59 Å². The number of aryl methyl sites for hydroxylation is 1. The summed E-state index contributed by atoms with van der Waals surface area (Å²) in [6, 6.07) is 10.7. The van der Waals surface area contributed by atoms with Gasteiger partial charge in [0.25, 0.3) is 17.5 Å². The average Bonchev–Trinajstić information content (AvgIpc) is 2.82. The van der Waals surface area contributed by atoms with Crippen LogP contribution < -0.4 is 5.32 Å². The van der Waals surface area contributed by atoms with Crippen molar-refractivity contribution in [1.82, 2.24) is 4.90 Å². The van der Waals surface area contributed by atoms with Crippen LogP contribution in [0.4, 0.5) is 11.4 Å². The predicted molar refractivity (Wildman–Crippen MR) is 97.6 cm³/mol. The number of benzene rings is 2. The molecule has 1 aliphatic heterocycles. The lowest BCUT2D eigenvalue weighted by Gasteiger charge is -2.10. The van der Waals surface area contributed by atoms with Crippen LogP contribution in [0.3, 0.4) is 0 Å². The molecule has 132 valence electrons. The molecule has 2 aromatic rings. The molecule has 0 bridgehead atoms. The van der Waals surface area contributed by atoms with Crippen molar-refractivity contribution < 1.29 is 14.5 Å². The molecule has 3 rings (SSSR count). The number of nitro benzene ring substituents is 1. The fraction of sp³-hybridized carbons (Fsp3) is 0.111. The lowest BCUT2D eigenvalue weighted by Crippen LogP contribution is -2.27. The summed E-state index contributed by atoms with van der Waals surface area (Å²) in [5.41, 5.74) is 2.02. The lowest BCUT2D eigenvalue weighted by atomic mass is 10.0. The normalized spacial score (nSPS) is 14.2. The second kappa shape index (κ2) is 6.61. The largest absolute Gasteiger partial charge is 0.350 e. The van der Waals surface area contributed by atoms with Crippen LogP contribution in [0.25, 0.3) is 5.57 Å². The number of non-ortho nitro benzene ring substituents is 1. The van der Waals surface area contributed by atoms with E-state index in [1.807, 2.05) is 6.92 Å². The van der Waals surface area contributed by atoms with E-state index in [2.05, 4.69) is 5.32 Å². The third kappa shape index (κ3) is 3.04. The maximum absolute atomic E-state index is 12.5. The van der Waals surface area contributed by atoms with Crippen LogP contribution in [0.5, 0.6) is 0 Å². The topological polar surface area (TPSA) is 92.6 Å². The van der Waals surface area contributed by atoms with Crippen LogP contribution in [0.1, 0.15) is 11.1 Å². The Hall–Kier alpha value is -3.19. The van der Waals surface area contributed by atoms with Gasteiger partial charge in [0.15, 0.2) is 0 Å². The van der Waals surface area contributed by atoms with E-state index in [4.69, 9.17) is 11.6 Å². The maximum Gasteiger partial charge on any atom is 0.277 e. The van der Waals surface area contributed by atoms with Gasteiger partial charge in [0.05, 0.1) is 10.5 Å². The molecule has 0 aromatic heterocycles. The molecule has 8 heteroatoms. The number of hydrogen-bond acceptors (Lipinski definition) is 5. The second-order valence-corrected chi connectivity index (χ2v) is 6.22. The highest BCUT2D eigenvalue weighted by Gasteiger charge is 2.36. The van der Waals surface area contributed by atoms with Crippen molar-refractivity contribution >= 4 is 40.4 Å². The molecule has 26 heavy (non-hydrogen) atoms. The van der Waals surface area contributed by atoms with E-state index in [0.29, 0.717) is 16.3 Å². The summed E-state index contributed by atoms with van der Waals surface area (Å²) in [6.45, 7) is 1.85. The summed E-state index contributed by atoms with van der Waals surface area (Å²) in [7, 11) is 1.38. The molecule has 1 aliphatic rings. The number of nitrogens with one attached hydrogen (secondary N) is 1. The van der Waals surface area contributed by atoms with Gasteiger partial charge in [-0.1, -0.05) is 17.7 Å². The van der Waals surface area contributed by atoms with Crippen molar-refractivity contribution in [3.63, 3.8) is 0 Å². The van der Waals surface area contributed by atoms with Gasteiger partial charge in [-0.2, -0.15) is 0 Å². The highest BCUT2D eigenvalue weighted by atomic mass is 35.5. The summed E-state index contributed by atoms with van der Waals surface area (Å²) in [6.07, 6.45) is 0. The first-order valence-corrected chi connectivity index (χ1v) is 8.02. The molecule has 1 N–H and O–H groups in total. The highest BCUT2D eigenvalue weighted by molar-refractivity contribution is 6.36. The van der Waals surface area contributed by atoms with Gasteiger partial charge in [-0.05, 0) is 42.3 Å². The monoisotopic (exact) mass is 371 g/mol. The molecule has 0 unspecified atom stereocenters. The number of hydrogen-bond donors (Lipinski definition) is 1. The first kappa shape index (κ1) is 17.6. The zero-order valence-electron chi connectivity index (χ0n) is 13.9. The summed E-state index contributed by atoms with van der Waals surface area (Å²) < 4.78 is 0. The Labute approximate surface area is 154 Å². The van der Waals surface area contributed by atoms with Crippen molar-refractivity contribution in [2.45, 2.75) is 6.92 Å². The second-order valence-electron chi connectivity index (χ2n) is 5.81. The Morgan fingerprint density at radius 1 is 1.08 bits per heavy atom. The number of halogens is 1. The van der Waals surface area contributed by atoms with Crippen molar-refractivity contribution in [1.29, 1.82) is 0 Å². The van der Waals surface area contributed by atoms with Crippen molar-refractivity contribution in [3.05, 3.63) is 74.4 Å². The summed E-state index contributed by atoms with van der Waals surface area (Å²) >= 11 is 6.11. The van der Waals surface area contributed by atoms with Crippen molar-refractivity contribution in [2.24, 2.45) is 0 Å². The fourth-order valence-corrected chi connectivity index (χ4v) is 2.77. The van der Waals surface area contributed by atoms with Crippen molar-refractivity contribution in [2.75, 3.05) is 12.4 Å². The standard InChI is InChI=1S/C18H14ClN3O4/c1-10-3-6-12(9-14(10)19)20-16-15(17(23)21(2)18(16)24)11-4-7-13(8-5-11)22(25)26/h3-9,20H,1-2H3. The van der Waals surface area contributed by atoms with Gasteiger partial charge < -0.3 is 5.32 Å². The molecular weight excluding hydrogens is 358 g/mol. The number of likely N-dealkylation sites (N-methyl/N-ethyl adjacent to an activating group) is 1. The fourth-order valence-electron chi connectivity index (χ4n) is 2.59. The number of amides is 2. The minimum Gasteiger partial charge on any atom is -0.350 e. The van der Waals surface area contributed by atoms with Crippen molar-refractivity contribution in [3.8, 4) is 0 Å². The van der Waals surface area contributed by atoms with E-state index < -0.39 is 16.7 Å². The minimum atomic E-state index is -0.528.